The second kappa shape index (κ2) is 7.69. The number of amides is 1. The van der Waals surface area contributed by atoms with Gasteiger partial charge in [0.1, 0.15) is 0 Å². The van der Waals surface area contributed by atoms with Gasteiger partial charge in [-0.1, -0.05) is 48.5 Å². The summed E-state index contributed by atoms with van der Waals surface area (Å²) in [6.45, 7) is 2.18. The third-order valence-electron chi connectivity index (χ3n) is 5.40. The lowest BCUT2D eigenvalue weighted by atomic mass is 9.90. The number of pyridine rings is 1. The summed E-state index contributed by atoms with van der Waals surface area (Å²) in [7, 11) is 0. The fraction of sp³-hybridized carbons (Fsp3) is 0.304. The molecule has 132 valence electrons. The average Bonchev–Trinajstić information content (AvgIpc) is 2.69. The van der Waals surface area contributed by atoms with Crippen molar-refractivity contribution in [1.29, 1.82) is 0 Å². The van der Waals surface area contributed by atoms with Crippen LogP contribution in [0, 0.1) is 5.92 Å². The Hall–Kier alpha value is -2.68. The van der Waals surface area contributed by atoms with E-state index in [2.05, 4.69) is 54.7 Å². The van der Waals surface area contributed by atoms with Crippen LogP contribution in [-0.2, 0) is 17.8 Å². The van der Waals surface area contributed by atoms with Gasteiger partial charge in [-0.2, -0.15) is 4.57 Å². The van der Waals surface area contributed by atoms with Crippen LogP contribution in [0.15, 0.2) is 73.1 Å². The molecule has 0 spiro atoms. The number of piperidine rings is 1. The van der Waals surface area contributed by atoms with Crippen LogP contribution in [0.4, 0.5) is 0 Å². The Labute approximate surface area is 154 Å². The lowest BCUT2D eigenvalue weighted by Crippen LogP contribution is -2.47. The zero-order valence-corrected chi connectivity index (χ0v) is 15.1. The van der Waals surface area contributed by atoms with Crippen molar-refractivity contribution in [3.8, 4) is 0 Å². The van der Waals surface area contributed by atoms with Crippen LogP contribution < -0.4 is 4.57 Å². The number of carbonyl (C=O) groups excluding carboxylic acids is 1. The molecule has 0 bridgehead atoms. The number of hydrogen-bond acceptors (Lipinski definition) is 1. The minimum absolute atomic E-state index is 0.225. The first-order valence-electron chi connectivity index (χ1n) is 9.47. The summed E-state index contributed by atoms with van der Waals surface area (Å²) in [5, 5.41) is 2.38. The van der Waals surface area contributed by atoms with E-state index in [-0.39, 0.29) is 5.91 Å². The molecule has 0 unspecified atom stereocenters. The highest BCUT2D eigenvalue weighted by molar-refractivity contribution is 5.80. The predicted molar refractivity (Wildman–Crippen MR) is 104 cm³/mol. The molecule has 0 radical (unpaired) electrons. The van der Waals surface area contributed by atoms with Gasteiger partial charge in [0.2, 0.25) is 6.54 Å². The Morgan fingerprint density at radius 2 is 1.62 bits per heavy atom. The molecule has 2 aromatic carbocycles. The molecular weight excluding hydrogens is 320 g/mol. The molecule has 1 fully saturated rings. The van der Waals surface area contributed by atoms with Crippen LogP contribution in [0.5, 0.6) is 0 Å². The molecule has 0 N–H and O–H groups in total. The van der Waals surface area contributed by atoms with Crippen LogP contribution in [0.25, 0.3) is 10.8 Å². The number of fused-ring (bicyclic) bond motifs is 1. The largest absolute Gasteiger partial charge is 0.337 e. The third kappa shape index (κ3) is 3.93. The fourth-order valence-electron chi connectivity index (χ4n) is 3.87. The normalized spacial score (nSPS) is 15.3. The van der Waals surface area contributed by atoms with Crippen LogP contribution in [0.3, 0.4) is 0 Å². The van der Waals surface area contributed by atoms with Gasteiger partial charge in [0.25, 0.3) is 5.91 Å². The minimum Gasteiger partial charge on any atom is -0.337 e. The van der Waals surface area contributed by atoms with Crippen molar-refractivity contribution in [1.82, 2.24) is 4.90 Å². The van der Waals surface area contributed by atoms with Crippen molar-refractivity contribution in [2.24, 2.45) is 5.92 Å². The average molecular weight is 345 g/mol. The molecule has 3 aromatic rings. The number of likely N-dealkylation sites (tertiary alicyclic amines) is 1. The van der Waals surface area contributed by atoms with Crippen LogP contribution >= 0.6 is 0 Å². The number of aromatic nitrogens is 1. The maximum absolute atomic E-state index is 12.7. The van der Waals surface area contributed by atoms with Crippen LogP contribution in [-0.4, -0.2) is 23.9 Å². The van der Waals surface area contributed by atoms with E-state index in [0.29, 0.717) is 12.5 Å². The van der Waals surface area contributed by atoms with Crippen LogP contribution in [0.2, 0.25) is 0 Å². The summed E-state index contributed by atoms with van der Waals surface area (Å²) < 4.78 is 2.00. The van der Waals surface area contributed by atoms with Crippen molar-refractivity contribution in [3.05, 3.63) is 78.6 Å². The highest BCUT2D eigenvalue weighted by Crippen LogP contribution is 2.21. The summed E-state index contributed by atoms with van der Waals surface area (Å²) in [6.07, 6.45) is 7.39. The molecule has 1 aliphatic heterocycles. The number of nitrogens with zero attached hydrogens (tertiary/aromatic N) is 2. The van der Waals surface area contributed by atoms with E-state index in [1.54, 1.807) is 0 Å². The molecule has 0 saturated carbocycles. The van der Waals surface area contributed by atoms with E-state index >= 15 is 0 Å². The molecule has 1 amide bonds. The SMILES string of the molecule is O=C(C[n+]1ccc2ccccc2c1)N1CCC(Cc2ccccc2)CC1. The molecular formula is C23H25N2O+. The van der Waals surface area contributed by atoms with Gasteiger partial charge in [-0.25, -0.2) is 0 Å². The van der Waals surface area contributed by atoms with Gasteiger partial charge < -0.3 is 4.90 Å². The third-order valence-corrected chi connectivity index (χ3v) is 5.40. The van der Waals surface area contributed by atoms with E-state index in [0.717, 1.165) is 32.4 Å². The second-order valence-corrected chi connectivity index (χ2v) is 7.26. The van der Waals surface area contributed by atoms with E-state index in [4.69, 9.17) is 0 Å². The minimum atomic E-state index is 0.225. The molecule has 4 rings (SSSR count). The number of rotatable bonds is 4. The topological polar surface area (TPSA) is 24.2 Å². The molecule has 2 heterocycles. The molecule has 26 heavy (non-hydrogen) atoms. The van der Waals surface area contributed by atoms with E-state index < -0.39 is 0 Å². The lowest BCUT2D eigenvalue weighted by molar-refractivity contribution is -0.683. The molecule has 3 heteroatoms. The molecule has 1 saturated heterocycles. The first kappa shape index (κ1) is 16.8. The van der Waals surface area contributed by atoms with Gasteiger partial charge >= 0.3 is 0 Å². The van der Waals surface area contributed by atoms with Gasteiger partial charge in [-0.3, -0.25) is 4.79 Å². The number of carbonyl (C=O) groups is 1. The molecule has 0 atom stereocenters. The van der Waals surface area contributed by atoms with Gasteiger partial charge in [0.05, 0.1) is 0 Å². The quantitative estimate of drug-likeness (QED) is 0.663. The van der Waals surface area contributed by atoms with E-state index in [1.165, 1.54) is 16.3 Å². The number of hydrogen-bond donors (Lipinski definition) is 0. The first-order valence-corrected chi connectivity index (χ1v) is 9.47. The highest BCUT2D eigenvalue weighted by Gasteiger charge is 2.24. The number of benzene rings is 2. The Kier molecular flexibility index (Phi) is 4.96. The van der Waals surface area contributed by atoms with Gasteiger partial charge in [-0.05, 0) is 42.2 Å². The highest BCUT2D eigenvalue weighted by atomic mass is 16.2. The maximum Gasteiger partial charge on any atom is 0.288 e. The summed E-state index contributed by atoms with van der Waals surface area (Å²) in [5.41, 5.74) is 1.41. The van der Waals surface area contributed by atoms with Crippen molar-refractivity contribution in [2.45, 2.75) is 25.8 Å². The standard InChI is InChI=1S/C23H25N2O/c26-23(18-24-13-12-21-8-4-5-9-22(21)17-24)25-14-10-20(11-15-25)16-19-6-2-1-3-7-19/h1-9,12-13,17,20H,10-11,14-16,18H2/q+1. The van der Waals surface area contributed by atoms with Crippen molar-refractivity contribution >= 4 is 16.7 Å². The summed E-state index contributed by atoms with van der Waals surface area (Å²) in [6, 6.07) is 21.0. The van der Waals surface area contributed by atoms with Gasteiger partial charge in [0, 0.05) is 24.5 Å². The summed E-state index contributed by atoms with van der Waals surface area (Å²) in [5.74, 6) is 0.915. The fourth-order valence-corrected chi connectivity index (χ4v) is 3.87. The molecule has 0 aliphatic carbocycles. The zero-order chi connectivity index (χ0) is 17.8. The zero-order valence-electron chi connectivity index (χ0n) is 15.1. The Bertz CT molecular complexity index is 883. The predicted octanol–water partition coefficient (Wildman–Crippen LogP) is 3.61. The van der Waals surface area contributed by atoms with Crippen LogP contribution in [0.1, 0.15) is 18.4 Å². The van der Waals surface area contributed by atoms with Gasteiger partial charge in [0.15, 0.2) is 12.4 Å². The van der Waals surface area contributed by atoms with Crippen molar-refractivity contribution < 1.29 is 9.36 Å². The van der Waals surface area contributed by atoms with Crippen molar-refractivity contribution in [3.63, 3.8) is 0 Å². The summed E-state index contributed by atoms with van der Waals surface area (Å²) in [4.78, 5) is 14.7. The Morgan fingerprint density at radius 3 is 2.38 bits per heavy atom. The maximum atomic E-state index is 12.7. The lowest BCUT2D eigenvalue weighted by Gasteiger charge is -2.31. The molecule has 3 nitrogen and oxygen atoms in total. The molecule has 1 aliphatic rings. The van der Waals surface area contributed by atoms with Gasteiger partial charge in [-0.15, -0.1) is 0 Å². The molecule has 1 aromatic heterocycles. The second-order valence-electron chi connectivity index (χ2n) is 7.26. The van der Waals surface area contributed by atoms with Crippen molar-refractivity contribution in [2.75, 3.05) is 13.1 Å². The smallest absolute Gasteiger partial charge is 0.288 e. The first-order chi connectivity index (χ1) is 12.8. The van der Waals surface area contributed by atoms with E-state index in [9.17, 15) is 4.79 Å². The Morgan fingerprint density at radius 1 is 0.923 bits per heavy atom. The summed E-state index contributed by atoms with van der Waals surface area (Å²) >= 11 is 0. The monoisotopic (exact) mass is 345 g/mol. The van der Waals surface area contributed by atoms with E-state index in [1.807, 2.05) is 27.8 Å². The Balaban J connectivity index is 1.33.